The van der Waals surface area contributed by atoms with Gasteiger partial charge >= 0.3 is 5.97 Å². The predicted octanol–water partition coefficient (Wildman–Crippen LogP) is 1.81. The number of likely N-dealkylation sites (tertiary alicyclic amines) is 1. The Morgan fingerprint density at radius 1 is 1.32 bits per heavy atom. The molecule has 4 nitrogen and oxygen atoms in total. The SMILES string of the molecule is CCCN1CC(C(=O)OCC)CC2CC(O)CCC21. The molecule has 0 bridgehead atoms. The highest BCUT2D eigenvalue weighted by Gasteiger charge is 2.41. The number of esters is 1. The summed E-state index contributed by atoms with van der Waals surface area (Å²) in [7, 11) is 0. The minimum absolute atomic E-state index is 0.00181. The van der Waals surface area contributed by atoms with Crippen LogP contribution in [-0.4, -0.2) is 47.8 Å². The lowest BCUT2D eigenvalue weighted by Crippen LogP contribution is -2.53. The lowest BCUT2D eigenvalue weighted by atomic mass is 9.74. The summed E-state index contributed by atoms with van der Waals surface area (Å²) in [6, 6.07) is 0.564. The second-order valence-corrected chi connectivity index (χ2v) is 5.97. The molecule has 1 aliphatic heterocycles. The van der Waals surface area contributed by atoms with Gasteiger partial charge in [-0.2, -0.15) is 0 Å². The third-order valence-electron chi connectivity index (χ3n) is 4.56. The van der Waals surface area contributed by atoms with E-state index in [-0.39, 0.29) is 18.0 Å². The van der Waals surface area contributed by atoms with Crippen molar-refractivity contribution in [1.82, 2.24) is 4.90 Å². The summed E-state index contributed by atoms with van der Waals surface area (Å²) in [6.45, 7) is 6.38. The Bertz CT molecular complexity index is 300. The Labute approximate surface area is 116 Å². The number of carbonyl (C=O) groups excluding carboxylic acids is 1. The fourth-order valence-electron chi connectivity index (χ4n) is 3.79. The van der Waals surface area contributed by atoms with Crippen LogP contribution in [0.3, 0.4) is 0 Å². The number of rotatable bonds is 4. The molecular weight excluding hydrogens is 242 g/mol. The highest BCUT2D eigenvalue weighted by atomic mass is 16.5. The van der Waals surface area contributed by atoms with Crippen LogP contribution in [0.15, 0.2) is 0 Å². The van der Waals surface area contributed by atoms with Crippen molar-refractivity contribution in [3.8, 4) is 0 Å². The Balaban J connectivity index is 2.04. The van der Waals surface area contributed by atoms with E-state index >= 15 is 0 Å². The maximum Gasteiger partial charge on any atom is 0.310 e. The molecule has 2 aliphatic rings. The third kappa shape index (κ3) is 3.48. The number of fused-ring (bicyclic) bond motifs is 1. The van der Waals surface area contributed by atoms with Crippen LogP contribution in [-0.2, 0) is 9.53 Å². The first-order chi connectivity index (χ1) is 9.15. The Hall–Kier alpha value is -0.610. The number of ether oxygens (including phenoxy) is 1. The van der Waals surface area contributed by atoms with Gasteiger partial charge in [0.1, 0.15) is 0 Å². The Morgan fingerprint density at radius 2 is 2.11 bits per heavy atom. The lowest BCUT2D eigenvalue weighted by molar-refractivity contribution is -0.153. The first-order valence-corrected chi connectivity index (χ1v) is 7.74. The molecule has 0 spiro atoms. The Morgan fingerprint density at radius 3 is 2.79 bits per heavy atom. The Kier molecular flexibility index (Phi) is 5.22. The molecule has 4 atom stereocenters. The molecule has 2 rings (SSSR count). The molecule has 1 N–H and O–H groups in total. The standard InChI is InChI=1S/C15H27NO3/c1-3-7-16-10-12(15(18)19-4-2)8-11-9-13(17)5-6-14(11)16/h11-14,17H,3-10H2,1-2H3. The molecule has 1 heterocycles. The largest absolute Gasteiger partial charge is 0.466 e. The summed E-state index contributed by atoms with van der Waals surface area (Å²) >= 11 is 0. The molecule has 0 radical (unpaired) electrons. The second-order valence-electron chi connectivity index (χ2n) is 5.97. The van der Waals surface area contributed by atoms with Crippen LogP contribution < -0.4 is 0 Å². The zero-order valence-corrected chi connectivity index (χ0v) is 12.2. The van der Waals surface area contributed by atoms with Gasteiger partial charge < -0.3 is 9.84 Å². The summed E-state index contributed by atoms with van der Waals surface area (Å²) in [6.07, 6.45) is 4.65. The van der Waals surface area contributed by atoms with E-state index in [1.54, 1.807) is 0 Å². The van der Waals surface area contributed by atoms with E-state index in [9.17, 15) is 9.90 Å². The van der Waals surface area contributed by atoms with Gasteiger partial charge in [-0.25, -0.2) is 0 Å². The maximum atomic E-state index is 12.0. The van der Waals surface area contributed by atoms with Gasteiger partial charge in [-0.3, -0.25) is 9.69 Å². The summed E-state index contributed by atoms with van der Waals surface area (Å²) in [5, 5.41) is 9.86. The molecule has 110 valence electrons. The van der Waals surface area contributed by atoms with E-state index in [2.05, 4.69) is 11.8 Å². The summed E-state index contributed by atoms with van der Waals surface area (Å²) in [5.74, 6) is 0.402. The smallest absolute Gasteiger partial charge is 0.310 e. The maximum absolute atomic E-state index is 12.0. The highest BCUT2D eigenvalue weighted by molar-refractivity contribution is 5.72. The van der Waals surface area contributed by atoms with E-state index in [1.165, 1.54) is 0 Å². The van der Waals surface area contributed by atoms with Crippen molar-refractivity contribution in [3.05, 3.63) is 0 Å². The van der Waals surface area contributed by atoms with Gasteiger partial charge in [-0.15, -0.1) is 0 Å². The van der Waals surface area contributed by atoms with Gasteiger partial charge in [0, 0.05) is 12.6 Å². The number of aliphatic hydroxyl groups excluding tert-OH is 1. The quantitative estimate of drug-likeness (QED) is 0.791. The molecule has 1 saturated carbocycles. The number of piperidine rings is 1. The van der Waals surface area contributed by atoms with Crippen molar-refractivity contribution in [1.29, 1.82) is 0 Å². The fraction of sp³-hybridized carbons (Fsp3) is 0.933. The first-order valence-electron chi connectivity index (χ1n) is 7.74. The van der Waals surface area contributed by atoms with Crippen LogP contribution in [0.5, 0.6) is 0 Å². The van der Waals surface area contributed by atoms with E-state index in [0.717, 1.165) is 45.2 Å². The van der Waals surface area contributed by atoms with Gasteiger partial charge in [0.15, 0.2) is 0 Å². The summed E-state index contributed by atoms with van der Waals surface area (Å²) in [4.78, 5) is 14.5. The lowest BCUT2D eigenvalue weighted by Gasteiger charge is -2.47. The highest BCUT2D eigenvalue weighted by Crippen LogP contribution is 2.38. The predicted molar refractivity (Wildman–Crippen MR) is 73.7 cm³/mol. The van der Waals surface area contributed by atoms with Gasteiger partial charge in [0.05, 0.1) is 18.6 Å². The molecule has 1 saturated heterocycles. The van der Waals surface area contributed by atoms with Crippen molar-refractivity contribution >= 4 is 5.97 Å². The molecule has 2 fully saturated rings. The van der Waals surface area contributed by atoms with Gasteiger partial charge in [0.25, 0.3) is 0 Å². The molecule has 0 aromatic rings. The molecular formula is C15H27NO3. The van der Waals surface area contributed by atoms with E-state index < -0.39 is 0 Å². The van der Waals surface area contributed by atoms with Gasteiger partial charge in [0.2, 0.25) is 0 Å². The molecule has 1 aliphatic carbocycles. The van der Waals surface area contributed by atoms with Crippen LogP contribution in [0, 0.1) is 11.8 Å². The third-order valence-corrected chi connectivity index (χ3v) is 4.56. The molecule has 19 heavy (non-hydrogen) atoms. The van der Waals surface area contributed by atoms with E-state index in [0.29, 0.717) is 18.6 Å². The summed E-state index contributed by atoms with van der Waals surface area (Å²) in [5.41, 5.74) is 0. The van der Waals surface area contributed by atoms with Crippen LogP contribution >= 0.6 is 0 Å². The van der Waals surface area contributed by atoms with Crippen molar-refractivity contribution < 1.29 is 14.6 Å². The monoisotopic (exact) mass is 269 g/mol. The molecule has 0 aromatic heterocycles. The zero-order chi connectivity index (χ0) is 13.8. The van der Waals surface area contributed by atoms with E-state index in [4.69, 9.17) is 4.74 Å². The molecule has 4 unspecified atom stereocenters. The molecule has 4 heteroatoms. The van der Waals surface area contributed by atoms with Gasteiger partial charge in [-0.05, 0) is 51.5 Å². The van der Waals surface area contributed by atoms with Crippen molar-refractivity contribution in [3.63, 3.8) is 0 Å². The summed E-state index contributed by atoms with van der Waals surface area (Å²) < 4.78 is 5.19. The van der Waals surface area contributed by atoms with E-state index in [1.807, 2.05) is 6.92 Å². The molecule has 0 aromatic carbocycles. The second kappa shape index (κ2) is 6.71. The van der Waals surface area contributed by atoms with Crippen LogP contribution in [0.25, 0.3) is 0 Å². The number of carbonyl (C=O) groups is 1. The van der Waals surface area contributed by atoms with Gasteiger partial charge in [-0.1, -0.05) is 6.92 Å². The normalized spacial score (nSPS) is 35.7. The van der Waals surface area contributed by atoms with Crippen molar-refractivity contribution in [2.24, 2.45) is 11.8 Å². The van der Waals surface area contributed by atoms with Crippen LogP contribution in [0.4, 0.5) is 0 Å². The average Bonchev–Trinajstić information content (AvgIpc) is 2.38. The van der Waals surface area contributed by atoms with Crippen LogP contribution in [0.2, 0.25) is 0 Å². The van der Waals surface area contributed by atoms with Crippen molar-refractivity contribution in [2.75, 3.05) is 19.7 Å². The number of hydrogen-bond donors (Lipinski definition) is 1. The average molecular weight is 269 g/mol. The van der Waals surface area contributed by atoms with Crippen molar-refractivity contribution in [2.45, 2.75) is 58.1 Å². The first kappa shape index (κ1) is 14.8. The van der Waals surface area contributed by atoms with Crippen LogP contribution in [0.1, 0.15) is 46.0 Å². The number of nitrogens with zero attached hydrogens (tertiary/aromatic N) is 1. The fourth-order valence-corrected chi connectivity index (χ4v) is 3.79. The minimum Gasteiger partial charge on any atom is -0.466 e. The number of hydrogen-bond acceptors (Lipinski definition) is 4. The number of aliphatic hydroxyl groups is 1. The zero-order valence-electron chi connectivity index (χ0n) is 12.2. The minimum atomic E-state index is -0.175. The molecule has 0 amide bonds. The topological polar surface area (TPSA) is 49.8 Å².